The summed E-state index contributed by atoms with van der Waals surface area (Å²) in [7, 11) is 0. The van der Waals surface area contributed by atoms with Crippen molar-refractivity contribution in [3.63, 3.8) is 0 Å². The second-order valence-electron chi connectivity index (χ2n) is 5.88. The molecule has 3 aromatic rings. The highest BCUT2D eigenvalue weighted by molar-refractivity contribution is 7.11. The molecule has 0 aliphatic heterocycles. The summed E-state index contributed by atoms with van der Waals surface area (Å²) in [5.41, 5.74) is -0.437. The quantitative estimate of drug-likeness (QED) is 0.673. The molecule has 0 bridgehead atoms. The van der Waals surface area contributed by atoms with Crippen LogP contribution in [0.2, 0.25) is 0 Å². The van der Waals surface area contributed by atoms with Gasteiger partial charge in [-0.25, -0.2) is 4.98 Å². The molecule has 1 amide bonds. The molecule has 0 fully saturated rings. The first-order valence-corrected chi connectivity index (χ1v) is 8.68. The van der Waals surface area contributed by atoms with E-state index in [-0.39, 0.29) is 18.4 Å². The molecule has 0 aliphatic carbocycles. The molecule has 2 N–H and O–H groups in total. The van der Waals surface area contributed by atoms with Crippen molar-refractivity contribution < 1.29 is 4.79 Å². The number of thiazole rings is 1. The van der Waals surface area contributed by atoms with E-state index in [4.69, 9.17) is 0 Å². The van der Waals surface area contributed by atoms with Crippen LogP contribution >= 0.6 is 11.3 Å². The van der Waals surface area contributed by atoms with Crippen molar-refractivity contribution in [2.24, 2.45) is 0 Å². The summed E-state index contributed by atoms with van der Waals surface area (Å²) in [4.78, 5) is 44.1. The number of rotatable bonds is 5. The van der Waals surface area contributed by atoms with Gasteiger partial charge in [0.1, 0.15) is 6.54 Å². The fourth-order valence-corrected chi connectivity index (χ4v) is 3.36. The first kappa shape index (κ1) is 17.1. The van der Waals surface area contributed by atoms with E-state index < -0.39 is 11.1 Å². The number of para-hydroxylation sites is 2. The van der Waals surface area contributed by atoms with E-state index in [0.717, 1.165) is 9.88 Å². The van der Waals surface area contributed by atoms with Gasteiger partial charge < -0.3 is 10.3 Å². The number of amides is 1. The van der Waals surface area contributed by atoms with Crippen LogP contribution in [-0.4, -0.2) is 27.0 Å². The molecule has 0 spiro atoms. The Balaban J connectivity index is 1.75. The minimum atomic E-state index is -0.738. The molecule has 0 radical (unpaired) electrons. The summed E-state index contributed by atoms with van der Waals surface area (Å²) in [6.45, 7) is 4.18. The zero-order valence-electron chi connectivity index (χ0n) is 13.9. The summed E-state index contributed by atoms with van der Waals surface area (Å²) in [5.74, 6) is -0.242. The monoisotopic (exact) mass is 358 g/mol. The van der Waals surface area contributed by atoms with Crippen LogP contribution in [0.3, 0.4) is 0 Å². The standard InChI is InChI=1S/C17H18N4O3S/c1-10(16-19-8-11(2)25-16)7-18-14(22)9-21-13-6-4-3-5-12(13)20-15(23)17(21)24/h3-6,8,10H,7,9H2,1-2H3,(H,18,22)(H,20,23). The number of carbonyl (C=O) groups is 1. The summed E-state index contributed by atoms with van der Waals surface area (Å²) in [5, 5.41) is 3.76. The number of aromatic amines is 1. The predicted octanol–water partition coefficient (Wildman–Crippen LogP) is 1.37. The number of benzene rings is 1. The zero-order valence-corrected chi connectivity index (χ0v) is 14.7. The SMILES string of the molecule is Cc1cnc(C(C)CNC(=O)Cn2c(=O)c(=O)[nH]c3ccccc32)s1. The van der Waals surface area contributed by atoms with Gasteiger partial charge in [0.05, 0.1) is 16.0 Å². The highest BCUT2D eigenvalue weighted by atomic mass is 32.1. The van der Waals surface area contributed by atoms with Crippen molar-refractivity contribution in [1.29, 1.82) is 0 Å². The smallest absolute Gasteiger partial charge is 0.317 e. The van der Waals surface area contributed by atoms with E-state index in [1.54, 1.807) is 41.8 Å². The first-order valence-electron chi connectivity index (χ1n) is 7.86. The van der Waals surface area contributed by atoms with Crippen LogP contribution in [-0.2, 0) is 11.3 Å². The minimum absolute atomic E-state index is 0.0790. The number of H-pyrrole nitrogens is 1. The molecule has 8 heteroatoms. The average Bonchev–Trinajstić information content (AvgIpc) is 3.03. The topological polar surface area (TPSA) is 96.8 Å². The number of nitrogens with one attached hydrogen (secondary N) is 2. The average molecular weight is 358 g/mol. The Bertz CT molecular complexity index is 1030. The molecule has 0 aliphatic rings. The second-order valence-corrected chi connectivity index (χ2v) is 7.14. The number of aromatic nitrogens is 3. The van der Waals surface area contributed by atoms with Gasteiger partial charge in [-0.2, -0.15) is 0 Å². The van der Waals surface area contributed by atoms with Crippen molar-refractivity contribution in [2.75, 3.05) is 6.54 Å². The molecule has 25 heavy (non-hydrogen) atoms. The predicted molar refractivity (Wildman–Crippen MR) is 97.1 cm³/mol. The van der Waals surface area contributed by atoms with Crippen LogP contribution < -0.4 is 16.4 Å². The van der Waals surface area contributed by atoms with E-state index >= 15 is 0 Å². The Morgan fingerprint density at radius 3 is 2.84 bits per heavy atom. The van der Waals surface area contributed by atoms with Crippen LogP contribution in [0.15, 0.2) is 40.1 Å². The van der Waals surface area contributed by atoms with Gasteiger partial charge in [0.25, 0.3) is 0 Å². The van der Waals surface area contributed by atoms with Crippen molar-refractivity contribution in [1.82, 2.24) is 19.9 Å². The minimum Gasteiger partial charge on any atom is -0.354 e. The Morgan fingerprint density at radius 2 is 2.12 bits per heavy atom. The highest BCUT2D eigenvalue weighted by Gasteiger charge is 2.14. The second kappa shape index (κ2) is 7.02. The highest BCUT2D eigenvalue weighted by Crippen LogP contribution is 2.20. The maximum Gasteiger partial charge on any atom is 0.317 e. The van der Waals surface area contributed by atoms with E-state index in [2.05, 4.69) is 15.3 Å². The largest absolute Gasteiger partial charge is 0.354 e. The Morgan fingerprint density at radius 1 is 1.36 bits per heavy atom. The van der Waals surface area contributed by atoms with Crippen LogP contribution in [0.25, 0.3) is 11.0 Å². The summed E-state index contributed by atoms with van der Waals surface area (Å²) in [6.07, 6.45) is 1.81. The van der Waals surface area contributed by atoms with Crippen LogP contribution in [0, 0.1) is 6.92 Å². The lowest BCUT2D eigenvalue weighted by molar-refractivity contribution is -0.121. The fraction of sp³-hybridized carbons (Fsp3) is 0.294. The molecular weight excluding hydrogens is 340 g/mol. The third-order valence-electron chi connectivity index (χ3n) is 3.85. The third kappa shape index (κ3) is 3.69. The van der Waals surface area contributed by atoms with E-state index in [1.807, 2.05) is 13.8 Å². The molecule has 130 valence electrons. The summed E-state index contributed by atoms with van der Waals surface area (Å²) in [6, 6.07) is 6.89. The third-order valence-corrected chi connectivity index (χ3v) is 4.99. The van der Waals surface area contributed by atoms with Crippen LogP contribution in [0.4, 0.5) is 0 Å². The number of hydrogen-bond donors (Lipinski definition) is 2. The van der Waals surface area contributed by atoms with Gasteiger partial charge in [-0.3, -0.25) is 19.0 Å². The van der Waals surface area contributed by atoms with E-state index in [9.17, 15) is 14.4 Å². The van der Waals surface area contributed by atoms with Crippen molar-refractivity contribution >= 4 is 28.3 Å². The Hall–Kier alpha value is -2.74. The number of nitrogens with zero attached hydrogens (tertiary/aromatic N) is 2. The lowest BCUT2D eigenvalue weighted by Gasteiger charge is -2.12. The normalized spacial score (nSPS) is 12.2. The van der Waals surface area contributed by atoms with E-state index in [0.29, 0.717) is 17.6 Å². The van der Waals surface area contributed by atoms with Crippen molar-refractivity contribution in [3.05, 3.63) is 61.1 Å². The molecule has 1 atom stereocenters. The van der Waals surface area contributed by atoms with Gasteiger partial charge in [0, 0.05) is 23.5 Å². The molecule has 1 aromatic carbocycles. The maximum atomic E-state index is 12.3. The fourth-order valence-electron chi connectivity index (χ4n) is 2.53. The van der Waals surface area contributed by atoms with E-state index in [1.165, 1.54) is 4.57 Å². The maximum absolute atomic E-state index is 12.3. The first-order chi connectivity index (χ1) is 12.0. The van der Waals surface area contributed by atoms with Gasteiger partial charge in [-0.15, -0.1) is 11.3 Å². The molecule has 3 rings (SSSR count). The number of fused-ring (bicyclic) bond motifs is 1. The summed E-state index contributed by atoms with van der Waals surface area (Å²) < 4.78 is 1.20. The number of carbonyl (C=O) groups excluding carboxylic acids is 1. The van der Waals surface area contributed by atoms with Gasteiger partial charge >= 0.3 is 11.1 Å². The molecule has 2 heterocycles. The molecular formula is C17H18N4O3S. The van der Waals surface area contributed by atoms with Crippen LogP contribution in [0.5, 0.6) is 0 Å². The lowest BCUT2D eigenvalue weighted by Crippen LogP contribution is -2.40. The number of aryl methyl sites for hydroxylation is 1. The van der Waals surface area contributed by atoms with Gasteiger partial charge in [0.15, 0.2) is 0 Å². The Kier molecular flexibility index (Phi) is 4.80. The molecule has 2 aromatic heterocycles. The molecule has 1 unspecified atom stereocenters. The zero-order chi connectivity index (χ0) is 18.0. The van der Waals surface area contributed by atoms with Crippen molar-refractivity contribution in [2.45, 2.75) is 26.3 Å². The molecule has 0 saturated heterocycles. The lowest BCUT2D eigenvalue weighted by atomic mass is 10.2. The van der Waals surface area contributed by atoms with Crippen LogP contribution in [0.1, 0.15) is 22.7 Å². The summed E-state index contributed by atoms with van der Waals surface area (Å²) >= 11 is 1.59. The van der Waals surface area contributed by atoms with Gasteiger partial charge in [-0.1, -0.05) is 19.1 Å². The molecule has 7 nitrogen and oxygen atoms in total. The van der Waals surface area contributed by atoms with Gasteiger partial charge in [-0.05, 0) is 19.1 Å². The van der Waals surface area contributed by atoms with Gasteiger partial charge in [0.2, 0.25) is 5.91 Å². The molecule has 0 saturated carbocycles. The number of hydrogen-bond acceptors (Lipinski definition) is 5. The van der Waals surface area contributed by atoms with Crippen molar-refractivity contribution in [3.8, 4) is 0 Å². The Labute approximate surface area is 147 Å².